The van der Waals surface area contributed by atoms with Crippen LogP contribution in [0.5, 0.6) is 0 Å². The van der Waals surface area contributed by atoms with E-state index in [-0.39, 0.29) is 0 Å². The van der Waals surface area contributed by atoms with Gasteiger partial charge in [-0.2, -0.15) is 24.4 Å². The summed E-state index contributed by atoms with van der Waals surface area (Å²) < 4.78 is 0. The highest BCUT2D eigenvalue weighted by molar-refractivity contribution is 7.98. The highest BCUT2D eigenvalue weighted by Crippen LogP contribution is 2.19. The highest BCUT2D eigenvalue weighted by Gasteiger charge is 2.04. The van der Waals surface area contributed by atoms with Crippen molar-refractivity contribution in [1.29, 1.82) is 0 Å². The molecule has 0 nitrogen and oxygen atoms in total. The van der Waals surface area contributed by atoms with E-state index in [0.717, 1.165) is 17.4 Å². The van der Waals surface area contributed by atoms with Gasteiger partial charge in [0.2, 0.25) is 0 Å². The summed E-state index contributed by atoms with van der Waals surface area (Å²) in [6.45, 7) is 6.59. The SMILES string of the molecule is CCC(CS)CSCc1cc(C)cc(C)c1. The summed E-state index contributed by atoms with van der Waals surface area (Å²) in [5.74, 6) is 4.13. The predicted octanol–water partition coefficient (Wildman–Crippen LogP) is 4.49. The molecule has 0 saturated carbocycles. The Morgan fingerprint density at radius 2 is 1.81 bits per heavy atom. The molecule has 0 aromatic heterocycles. The van der Waals surface area contributed by atoms with Crippen molar-refractivity contribution in [2.45, 2.75) is 32.9 Å². The fourth-order valence-corrected chi connectivity index (χ4v) is 3.56. The van der Waals surface area contributed by atoms with E-state index in [1.165, 1.54) is 28.9 Å². The Kier molecular flexibility index (Phi) is 6.37. The second-order valence-electron chi connectivity index (χ2n) is 4.47. The molecule has 2 heteroatoms. The molecule has 0 spiro atoms. The molecule has 0 aliphatic carbocycles. The largest absolute Gasteiger partial charge is 0.179 e. The number of hydrogen-bond donors (Lipinski definition) is 1. The number of thioether (sulfide) groups is 1. The first-order valence-corrected chi connectivity index (χ1v) is 7.70. The van der Waals surface area contributed by atoms with Crippen molar-refractivity contribution < 1.29 is 0 Å². The fraction of sp³-hybridized carbons (Fsp3) is 0.571. The summed E-state index contributed by atoms with van der Waals surface area (Å²) in [6.07, 6.45) is 1.24. The van der Waals surface area contributed by atoms with Crippen molar-refractivity contribution >= 4 is 24.4 Å². The van der Waals surface area contributed by atoms with E-state index in [1.54, 1.807) is 0 Å². The molecular weight excluding hydrogens is 232 g/mol. The lowest BCUT2D eigenvalue weighted by Crippen LogP contribution is -2.03. The average Bonchev–Trinajstić information content (AvgIpc) is 2.23. The van der Waals surface area contributed by atoms with Gasteiger partial charge in [-0.15, -0.1) is 0 Å². The summed E-state index contributed by atoms with van der Waals surface area (Å²) in [5, 5.41) is 0. The molecule has 0 saturated heterocycles. The van der Waals surface area contributed by atoms with Gasteiger partial charge in [-0.3, -0.25) is 0 Å². The Labute approximate surface area is 110 Å². The molecular formula is C14H22S2. The molecule has 1 aromatic carbocycles. The normalized spacial score (nSPS) is 12.8. The zero-order valence-corrected chi connectivity index (χ0v) is 12.2. The molecule has 16 heavy (non-hydrogen) atoms. The first kappa shape index (κ1) is 14.0. The Bertz CT molecular complexity index is 296. The van der Waals surface area contributed by atoms with Crippen LogP contribution in [0.15, 0.2) is 18.2 Å². The molecule has 1 unspecified atom stereocenters. The van der Waals surface area contributed by atoms with Crippen molar-refractivity contribution in [2.24, 2.45) is 5.92 Å². The molecule has 0 aliphatic heterocycles. The van der Waals surface area contributed by atoms with E-state index < -0.39 is 0 Å². The Morgan fingerprint density at radius 3 is 2.31 bits per heavy atom. The summed E-state index contributed by atoms with van der Waals surface area (Å²) in [6, 6.07) is 6.82. The summed E-state index contributed by atoms with van der Waals surface area (Å²) >= 11 is 6.41. The predicted molar refractivity (Wildman–Crippen MR) is 79.7 cm³/mol. The van der Waals surface area contributed by atoms with Crippen molar-refractivity contribution in [3.05, 3.63) is 34.9 Å². The molecule has 1 aromatic rings. The molecule has 0 radical (unpaired) electrons. The Balaban J connectivity index is 2.42. The summed E-state index contributed by atoms with van der Waals surface area (Å²) in [7, 11) is 0. The van der Waals surface area contributed by atoms with Crippen LogP contribution in [-0.4, -0.2) is 11.5 Å². The summed E-state index contributed by atoms with van der Waals surface area (Å²) in [4.78, 5) is 0. The van der Waals surface area contributed by atoms with Crippen LogP contribution in [0.4, 0.5) is 0 Å². The van der Waals surface area contributed by atoms with Crippen LogP contribution >= 0.6 is 24.4 Å². The monoisotopic (exact) mass is 254 g/mol. The van der Waals surface area contributed by atoms with Gasteiger partial charge in [-0.05, 0) is 36.8 Å². The second-order valence-corrected chi connectivity index (χ2v) is 5.86. The number of aryl methyl sites for hydroxylation is 2. The third kappa shape index (κ3) is 4.84. The molecule has 0 fully saturated rings. The van der Waals surface area contributed by atoms with Gasteiger partial charge in [0.05, 0.1) is 0 Å². The van der Waals surface area contributed by atoms with Gasteiger partial charge in [-0.1, -0.05) is 42.7 Å². The molecule has 0 amide bonds. The van der Waals surface area contributed by atoms with Crippen molar-refractivity contribution in [1.82, 2.24) is 0 Å². The van der Waals surface area contributed by atoms with E-state index in [2.05, 4.69) is 51.6 Å². The summed E-state index contributed by atoms with van der Waals surface area (Å²) in [5.41, 5.74) is 4.20. The third-order valence-electron chi connectivity index (χ3n) is 2.74. The number of benzene rings is 1. The van der Waals surface area contributed by atoms with E-state index >= 15 is 0 Å². The zero-order chi connectivity index (χ0) is 12.0. The highest BCUT2D eigenvalue weighted by atomic mass is 32.2. The van der Waals surface area contributed by atoms with Crippen LogP contribution in [0.25, 0.3) is 0 Å². The minimum atomic E-state index is 0.763. The first-order chi connectivity index (χ1) is 7.65. The van der Waals surface area contributed by atoms with Gasteiger partial charge >= 0.3 is 0 Å². The van der Waals surface area contributed by atoms with Crippen LogP contribution in [0.2, 0.25) is 0 Å². The maximum absolute atomic E-state index is 4.38. The minimum Gasteiger partial charge on any atom is -0.179 e. The average molecular weight is 254 g/mol. The number of rotatable bonds is 6. The molecule has 1 atom stereocenters. The van der Waals surface area contributed by atoms with E-state index in [0.29, 0.717) is 0 Å². The van der Waals surface area contributed by atoms with Gasteiger partial charge in [0, 0.05) is 5.75 Å². The van der Waals surface area contributed by atoms with Gasteiger partial charge in [-0.25, -0.2) is 0 Å². The minimum absolute atomic E-state index is 0.763. The standard InChI is InChI=1S/C14H22S2/c1-4-13(8-15)9-16-10-14-6-11(2)5-12(3)7-14/h5-7,13,15H,4,8-10H2,1-3H3. The van der Waals surface area contributed by atoms with Crippen LogP contribution in [0, 0.1) is 19.8 Å². The first-order valence-electron chi connectivity index (χ1n) is 5.91. The lowest BCUT2D eigenvalue weighted by atomic mass is 10.1. The molecule has 0 bridgehead atoms. The van der Waals surface area contributed by atoms with Crippen molar-refractivity contribution in [2.75, 3.05) is 11.5 Å². The molecule has 1 rings (SSSR count). The molecule has 0 N–H and O–H groups in total. The van der Waals surface area contributed by atoms with Crippen LogP contribution in [0.3, 0.4) is 0 Å². The van der Waals surface area contributed by atoms with Crippen molar-refractivity contribution in [3.8, 4) is 0 Å². The fourth-order valence-electron chi connectivity index (χ4n) is 1.80. The zero-order valence-electron chi connectivity index (χ0n) is 10.5. The van der Waals surface area contributed by atoms with Crippen molar-refractivity contribution in [3.63, 3.8) is 0 Å². The molecule has 0 aliphatic rings. The quantitative estimate of drug-likeness (QED) is 0.730. The Hall–Kier alpha value is -0.0800. The smallest absolute Gasteiger partial charge is 0.0184 e. The topological polar surface area (TPSA) is 0 Å². The van der Waals surface area contributed by atoms with Gasteiger partial charge in [0.1, 0.15) is 0 Å². The lowest BCUT2D eigenvalue weighted by Gasteiger charge is -2.11. The second kappa shape index (κ2) is 7.29. The Morgan fingerprint density at radius 1 is 1.19 bits per heavy atom. The van der Waals surface area contributed by atoms with Crippen LogP contribution in [-0.2, 0) is 5.75 Å². The lowest BCUT2D eigenvalue weighted by molar-refractivity contribution is 0.649. The van der Waals surface area contributed by atoms with Gasteiger partial charge in [0.25, 0.3) is 0 Å². The molecule has 0 heterocycles. The maximum atomic E-state index is 4.38. The van der Waals surface area contributed by atoms with Gasteiger partial charge in [0.15, 0.2) is 0 Å². The molecule has 90 valence electrons. The van der Waals surface area contributed by atoms with Crippen LogP contribution in [0.1, 0.15) is 30.0 Å². The van der Waals surface area contributed by atoms with E-state index in [4.69, 9.17) is 0 Å². The van der Waals surface area contributed by atoms with Gasteiger partial charge < -0.3 is 0 Å². The third-order valence-corrected chi connectivity index (χ3v) is 4.50. The van der Waals surface area contributed by atoms with E-state index in [1.807, 2.05) is 11.8 Å². The number of thiol groups is 1. The number of hydrogen-bond acceptors (Lipinski definition) is 2. The maximum Gasteiger partial charge on any atom is 0.0184 e. The van der Waals surface area contributed by atoms with E-state index in [9.17, 15) is 0 Å². The van der Waals surface area contributed by atoms with Crippen LogP contribution < -0.4 is 0 Å².